The van der Waals surface area contributed by atoms with Crippen molar-refractivity contribution in [1.29, 1.82) is 0 Å². The third-order valence-corrected chi connectivity index (χ3v) is 3.58. The van der Waals surface area contributed by atoms with E-state index in [2.05, 4.69) is 5.10 Å². The van der Waals surface area contributed by atoms with Crippen LogP contribution in [0.25, 0.3) is 0 Å². The van der Waals surface area contributed by atoms with Gasteiger partial charge in [-0.05, 0) is 20.8 Å². The highest BCUT2D eigenvalue weighted by atomic mass is 32.1. The van der Waals surface area contributed by atoms with Crippen molar-refractivity contribution >= 4 is 23.0 Å². The Labute approximate surface area is 123 Å². The number of aromatic nitrogens is 2. The minimum atomic E-state index is -1.07. The maximum Gasteiger partial charge on any atom is 0.353 e. The first-order chi connectivity index (χ1) is 9.81. The second-order valence-corrected chi connectivity index (χ2v) is 5.50. The molecular formula is C12H13N3O5S. The SMILES string of the molecule is Cc1nn(C(C)C)c(Oc2csc(C(=O)O)c2)c1[N+](=O)[O-]. The Hall–Kier alpha value is -2.42. The van der Waals surface area contributed by atoms with E-state index in [1.54, 1.807) is 0 Å². The highest BCUT2D eigenvalue weighted by Gasteiger charge is 2.29. The van der Waals surface area contributed by atoms with Crippen LogP contribution in [0.4, 0.5) is 5.69 Å². The van der Waals surface area contributed by atoms with Crippen molar-refractivity contribution in [3.05, 3.63) is 32.1 Å². The number of nitrogens with zero attached hydrogens (tertiary/aromatic N) is 3. The smallest absolute Gasteiger partial charge is 0.353 e. The topological polar surface area (TPSA) is 107 Å². The molecule has 0 bridgehead atoms. The largest absolute Gasteiger partial charge is 0.477 e. The summed E-state index contributed by atoms with van der Waals surface area (Å²) >= 11 is 0.988. The Morgan fingerprint density at radius 1 is 1.57 bits per heavy atom. The number of rotatable bonds is 5. The minimum absolute atomic E-state index is 0.00207. The van der Waals surface area contributed by atoms with Crippen molar-refractivity contribution in [2.45, 2.75) is 26.8 Å². The second kappa shape index (κ2) is 5.52. The van der Waals surface area contributed by atoms with Crippen LogP contribution in [0, 0.1) is 17.0 Å². The van der Waals surface area contributed by atoms with Crippen molar-refractivity contribution in [2.24, 2.45) is 0 Å². The summed E-state index contributed by atoms with van der Waals surface area (Å²) in [6.45, 7) is 5.17. The predicted octanol–water partition coefficient (Wildman–Crippen LogP) is 3.23. The zero-order valence-electron chi connectivity index (χ0n) is 11.6. The monoisotopic (exact) mass is 311 g/mol. The lowest BCUT2D eigenvalue weighted by atomic mass is 10.4. The summed E-state index contributed by atoms with van der Waals surface area (Å²) in [6.07, 6.45) is 0. The molecule has 0 saturated carbocycles. The molecule has 0 saturated heterocycles. The van der Waals surface area contributed by atoms with Crippen molar-refractivity contribution < 1.29 is 19.6 Å². The number of carboxylic acids is 1. The summed E-state index contributed by atoms with van der Waals surface area (Å²) in [7, 11) is 0. The van der Waals surface area contributed by atoms with Crippen LogP contribution in [0.5, 0.6) is 11.6 Å². The Bertz CT molecular complexity index is 704. The summed E-state index contributed by atoms with van der Waals surface area (Å²) in [5, 5.41) is 25.6. The van der Waals surface area contributed by atoms with Gasteiger partial charge < -0.3 is 9.84 Å². The molecule has 0 spiro atoms. The van der Waals surface area contributed by atoms with Gasteiger partial charge in [0.15, 0.2) is 0 Å². The first kappa shape index (κ1) is 15.0. The van der Waals surface area contributed by atoms with Crippen LogP contribution in [0.3, 0.4) is 0 Å². The lowest BCUT2D eigenvalue weighted by Gasteiger charge is -2.09. The van der Waals surface area contributed by atoms with Crippen molar-refractivity contribution in [3.8, 4) is 11.6 Å². The number of hydrogen-bond acceptors (Lipinski definition) is 6. The van der Waals surface area contributed by atoms with Crippen molar-refractivity contribution in [3.63, 3.8) is 0 Å². The zero-order valence-corrected chi connectivity index (χ0v) is 12.4. The molecule has 0 unspecified atom stereocenters. The number of hydrogen-bond donors (Lipinski definition) is 1. The molecule has 0 fully saturated rings. The summed E-state index contributed by atoms with van der Waals surface area (Å²) in [4.78, 5) is 21.6. The third-order valence-electron chi connectivity index (χ3n) is 2.68. The van der Waals surface area contributed by atoms with Gasteiger partial charge in [0, 0.05) is 11.4 Å². The van der Waals surface area contributed by atoms with Crippen LogP contribution >= 0.6 is 11.3 Å². The molecule has 0 radical (unpaired) electrons. The molecule has 0 aliphatic carbocycles. The van der Waals surface area contributed by atoms with Crippen LogP contribution in [0.1, 0.15) is 35.3 Å². The van der Waals surface area contributed by atoms with E-state index in [1.807, 2.05) is 13.8 Å². The number of aromatic carboxylic acids is 1. The number of ether oxygens (including phenoxy) is 1. The third kappa shape index (κ3) is 2.87. The molecule has 2 aromatic heterocycles. The highest BCUT2D eigenvalue weighted by molar-refractivity contribution is 7.12. The Morgan fingerprint density at radius 3 is 2.71 bits per heavy atom. The molecule has 8 nitrogen and oxygen atoms in total. The van der Waals surface area contributed by atoms with E-state index >= 15 is 0 Å². The van der Waals surface area contributed by atoms with Crippen molar-refractivity contribution in [1.82, 2.24) is 9.78 Å². The van der Waals surface area contributed by atoms with Gasteiger partial charge in [-0.3, -0.25) is 10.1 Å². The van der Waals surface area contributed by atoms with E-state index < -0.39 is 10.9 Å². The predicted molar refractivity (Wildman–Crippen MR) is 75.4 cm³/mol. The maximum atomic E-state index is 11.2. The standard InChI is InChI=1S/C12H13N3O5S/c1-6(2)14-11(10(15(18)19)7(3)13-14)20-8-4-9(12(16)17)21-5-8/h4-6H,1-3H3,(H,16,17). The fourth-order valence-corrected chi connectivity index (χ4v) is 2.41. The van der Waals surface area contributed by atoms with Crippen LogP contribution in [0.15, 0.2) is 11.4 Å². The van der Waals surface area contributed by atoms with Gasteiger partial charge >= 0.3 is 11.7 Å². The summed E-state index contributed by atoms with van der Waals surface area (Å²) < 4.78 is 6.93. The Balaban J connectivity index is 2.46. The molecule has 2 aromatic rings. The van der Waals surface area contributed by atoms with E-state index in [-0.39, 0.29) is 33.9 Å². The Kier molecular flexibility index (Phi) is 3.94. The Morgan fingerprint density at radius 2 is 2.24 bits per heavy atom. The molecule has 21 heavy (non-hydrogen) atoms. The lowest BCUT2D eigenvalue weighted by molar-refractivity contribution is -0.386. The van der Waals surface area contributed by atoms with Gasteiger partial charge in [-0.2, -0.15) is 5.10 Å². The van der Waals surface area contributed by atoms with Crippen LogP contribution in [-0.2, 0) is 0 Å². The number of carbonyl (C=O) groups is 1. The zero-order chi connectivity index (χ0) is 15.7. The molecule has 2 rings (SSSR count). The fraction of sp³-hybridized carbons (Fsp3) is 0.333. The second-order valence-electron chi connectivity index (χ2n) is 4.59. The number of thiophene rings is 1. The molecule has 0 atom stereocenters. The van der Waals surface area contributed by atoms with Gasteiger partial charge in [0.2, 0.25) is 0 Å². The summed E-state index contributed by atoms with van der Waals surface area (Å²) in [5.74, 6) is -0.831. The normalized spacial score (nSPS) is 10.9. The summed E-state index contributed by atoms with van der Waals surface area (Å²) in [6, 6.07) is 1.19. The van der Waals surface area contributed by atoms with Gasteiger partial charge in [-0.1, -0.05) is 0 Å². The first-order valence-electron chi connectivity index (χ1n) is 6.04. The van der Waals surface area contributed by atoms with Gasteiger partial charge in [-0.15, -0.1) is 11.3 Å². The summed E-state index contributed by atoms with van der Waals surface area (Å²) in [5.41, 5.74) is 0.0316. The van der Waals surface area contributed by atoms with E-state index in [4.69, 9.17) is 9.84 Å². The molecule has 0 amide bonds. The van der Waals surface area contributed by atoms with Gasteiger partial charge in [0.05, 0.1) is 11.0 Å². The van der Waals surface area contributed by atoms with Gasteiger partial charge in [0.1, 0.15) is 16.3 Å². The highest BCUT2D eigenvalue weighted by Crippen LogP contribution is 2.37. The first-order valence-corrected chi connectivity index (χ1v) is 6.92. The quantitative estimate of drug-likeness (QED) is 0.671. The molecule has 112 valence electrons. The average molecular weight is 311 g/mol. The fourth-order valence-electron chi connectivity index (χ4n) is 1.77. The number of carboxylic acid groups (broad SMARTS) is 1. The van der Waals surface area contributed by atoms with Gasteiger partial charge in [-0.25, -0.2) is 9.48 Å². The van der Waals surface area contributed by atoms with E-state index in [1.165, 1.54) is 23.1 Å². The molecule has 1 N–H and O–H groups in total. The number of aryl methyl sites for hydroxylation is 1. The van der Waals surface area contributed by atoms with Crippen LogP contribution in [0.2, 0.25) is 0 Å². The molecule has 0 aliphatic heterocycles. The lowest BCUT2D eigenvalue weighted by Crippen LogP contribution is -2.05. The van der Waals surface area contributed by atoms with E-state index in [0.717, 1.165) is 11.3 Å². The minimum Gasteiger partial charge on any atom is -0.477 e. The average Bonchev–Trinajstić information content (AvgIpc) is 2.94. The van der Waals surface area contributed by atoms with Crippen LogP contribution < -0.4 is 4.74 Å². The van der Waals surface area contributed by atoms with E-state index in [0.29, 0.717) is 0 Å². The molecular weight excluding hydrogens is 298 g/mol. The van der Waals surface area contributed by atoms with Crippen molar-refractivity contribution in [2.75, 3.05) is 0 Å². The maximum absolute atomic E-state index is 11.2. The number of nitro groups is 1. The van der Waals surface area contributed by atoms with E-state index in [9.17, 15) is 14.9 Å². The molecule has 2 heterocycles. The molecule has 9 heteroatoms. The van der Waals surface area contributed by atoms with Gasteiger partial charge in [0.25, 0.3) is 5.88 Å². The van der Waals surface area contributed by atoms with Crippen LogP contribution in [-0.4, -0.2) is 25.8 Å². The molecule has 0 aromatic carbocycles. The molecule has 0 aliphatic rings.